The lowest BCUT2D eigenvalue weighted by molar-refractivity contribution is -0.145. The number of benzene rings is 1. The summed E-state index contributed by atoms with van der Waals surface area (Å²) in [6.07, 6.45) is 1.21. The third-order valence-electron chi connectivity index (χ3n) is 3.28. The van der Waals surface area contributed by atoms with E-state index in [1.54, 1.807) is 6.92 Å². The van der Waals surface area contributed by atoms with Crippen molar-refractivity contribution in [2.75, 3.05) is 13.2 Å². The number of fused-ring (bicyclic) bond motifs is 1. The van der Waals surface area contributed by atoms with E-state index in [0.717, 1.165) is 22.3 Å². The van der Waals surface area contributed by atoms with Crippen molar-refractivity contribution < 1.29 is 19.1 Å². The SMILES string of the molecule is CCOC(=O)COc1c(C)cc(C)c2c1CCC2=O. The Morgan fingerprint density at radius 2 is 2.00 bits per heavy atom. The van der Waals surface area contributed by atoms with Crippen molar-refractivity contribution in [1.82, 2.24) is 0 Å². The van der Waals surface area contributed by atoms with E-state index >= 15 is 0 Å². The molecule has 0 unspecified atom stereocenters. The summed E-state index contributed by atoms with van der Waals surface area (Å²) >= 11 is 0. The van der Waals surface area contributed by atoms with Crippen LogP contribution in [0.5, 0.6) is 5.75 Å². The van der Waals surface area contributed by atoms with Crippen molar-refractivity contribution >= 4 is 11.8 Å². The third kappa shape index (κ3) is 2.62. The Morgan fingerprint density at radius 3 is 2.68 bits per heavy atom. The fraction of sp³-hybridized carbons (Fsp3) is 0.467. The van der Waals surface area contributed by atoms with Crippen LogP contribution in [0.4, 0.5) is 0 Å². The molecule has 4 nitrogen and oxygen atoms in total. The van der Waals surface area contributed by atoms with Gasteiger partial charge in [0, 0.05) is 17.5 Å². The molecule has 0 heterocycles. The number of carbonyl (C=O) groups excluding carboxylic acids is 2. The van der Waals surface area contributed by atoms with Gasteiger partial charge in [0.1, 0.15) is 5.75 Å². The summed E-state index contributed by atoms with van der Waals surface area (Å²) in [5.74, 6) is 0.438. The van der Waals surface area contributed by atoms with E-state index in [0.29, 0.717) is 25.2 Å². The molecule has 0 spiro atoms. The summed E-state index contributed by atoms with van der Waals surface area (Å²) < 4.78 is 10.4. The average Bonchev–Trinajstić information content (AvgIpc) is 2.72. The summed E-state index contributed by atoms with van der Waals surface area (Å²) in [7, 11) is 0. The first kappa shape index (κ1) is 13.6. The van der Waals surface area contributed by atoms with Gasteiger partial charge >= 0.3 is 5.97 Å². The highest BCUT2D eigenvalue weighted by Gasteiger charge is 2.26. The number of hydrogen-bond donors (Lipinski definition) is 0. The molecule has 1 aliphatic carbocycles. The standard InChI is InChI=1S/C15H18O4/c1-4-18-13(17)8-19-15-10(3)7-9(2)14-11(15)5-6-12(14)16/h7H,4-6,8H2,1-3H3. The van der Waals surface area contributed by atoms with Gasteiger partial charge < -0.3 is 9.47 Å². The Hall–Kier alpha value is -1.84. The van der Waals surface area contributed by atoms with E-state index in [2.05, 4.69) is 0 Å². The first-order chi connectivity index (χ1) is 9.04. The molecule has 1 aromatic rings. The molecule has 2 rings (SSSR count). The van der Waals surface area contributed by atoms with Gasteiger partial charge in [-0.25, -0.2) is 4.79 Å². The first-order valence-electron chi connectivity index (χ1n) is 6.49. The predicted molar refractivity (Wildman–Crippen MR) is 70.7 cm³/mol. The zero-order valence-electron chi connectivity index (χ0n) is 11.5. The fourth-order valence-electron chi connectivity index (χ4n) is 2.58. The van der Waals surface area contributed by atoms with Crippen LogP contribution in [0.1, 0.15) is 40.4 Å². The molecule has 0 saturated carbocycles. The van der Waals surface area contributed by atoms with Crippen molar-refractivity contribution in [3.05, 3.63) is 28.3 Å². The number of Topliss-reactive ketones (excluding diaryl/α,β-unsaturated/α-hetero) is 1. The molecule has 102 valence electrons. The molecule has 0 saturated heterocycles. The Labute approximate surface area is 112 Å². The lowest BCUT2D eigenvalue weighted by Gasteiger charge is -2.14. The molecule has 0 N–H and O–H groups in total. The summed E-state index contributed by atoms with van der Waals surface area (Å²) in [5.41, 5.74) is 3.64. The zero-order chi connectivity index (χ0) is 14.0. The summed E-state index contributed by atoms with van der Waals surface area (Å²) in [5, 5.41) is 0. The maximum atomic E-state index is 11.8. The zero-order valence-corrected chi connectivity index (χ0v) is 11.5. The summed E-state index contributed by atoms with van der Waals surface area (Å²) in [4.78, 5) is 23.2. The average molecular weight is 262 g/mol. The van der Waals surface area contributed by atoms with Gasteiger partial charge in [-0.15, -0.1) is 0 Å². The van der Waals surface area contributed by atoms with E-state index in [1.807, 2.05) is 19.9 Å². The van der Waals surface area contributed by atoms with E-state index in [9.17, 15) is 9.59 Å². The maximum Gasteiger partial charge on any atom is 0.344 e. The normalized spacial score (nSPS) is 13.3. The lowest BCUT2D eigenvalue weighted by atomic mass is 9.99. The second-order valence-electron chi connectivity index (χ2n) is 4.71. The Balaban J connectivity index is 2.26. The van der Waals surface area contributed by atoms with Gasteiger partial charge in [-0.3, -0.25) is 4.79 Å². The molecular formula is C15H18O4. The van der Waals surface area contributed by atoms with Gasteiger partial charge in [0.25, 0.3) is 0 Å². The number of hydrogen-bond acceptors (Lipinski definition) is 4. The van der Waals surface area contributed by atoms with Crippen molar-refractivity contribution in [3.8, 4) is 5.75 Å². The minimum absolute atomic E-state index is 0.113. The molecule has 0 bridgehead atoms. The molecule has 0 aliphatic heterocycles. The molecule has 0 amide bonds. The van der Waals surface area contributed by atoms with E-state index in [-0.39, 0.29) is 18.4 Å². The van der Waals surface area contributed by atoms with Crippen LogP contribution in [0.15, 0.2) is 6.07 Å². The molecule has 1 aliphatic rings. The van der Waals surface area contributed by atoms with Crippen LogP contribution >= 0.6 is 0 Å². The van der Waals surface area contributed by atoms with Crippen molar-refractivity contribution in [3.63, 3.8) is 0 Å². The highest BCUT2D eigenvalue weighted by atomic mass is 16.6. The minimum atomic E-state index is -0.388. The van der Waals surface area contributed by atoms with Crippen molar-refractivity contribution in [2.24, 2.45) is 0 Å². The van der Waals surface area contributed by atoms with Gasteiger partial charge in [-0.05, 0) is 38.3 Å². The molecule has 4 heteroatoms. The van der Waals surface area contributed by atoms with Gasteiger partial charge in [0.15, 0.2) is 12.4 Å². The first-order valence-corrected chi connectivity index (χ1v) is 6.49. The number of ketones is 1. The molecule has 1 aromatic carbocycles. The Bertz CT molecular complexity index is 531. The second kappa shape index (κ2) is 5.43. The van der Waals surface area contributed by atoms with Crippen LogP contribution < -0.4 is 4.74 Å². The van der Waals surface area contributed by atoms with Gasteiger partial charge in [0.2, 0.25) is 0 Å². The highest BCUT2D eigenvalue weighted by Crippen LogP contribution is 2.35. The number of esters is 1. The monoisotopic (exact) mass is 262 g/mol. The topological polar surface area (TPSA) is 52.6 Å². The van der Waals surface area contributed by atoms with E-state index in [4.69, 9.17) is 9.47 Å². The third-order valence-corrected chi connectivity index (χ3v) is 3.28. The van der Waals surface area contributed by atoms with Crippen LogP contribution in [0.2, 0.25) is 0 Å². The highest BCUT2D eigenvalue weighted by molar-refractivity contribution is 6.02. The Morgan fingerprint density at radius 1 is 1.26 bits per heavy atom. The molecule has 0 radical (unpaired) electrons. The van der Waals surface area contributed by atoms with Crippen LogP contribution in [0.3, 0.4) is 0 Å². The minimum Gasteiger partial charge on any atom is -0.481 e. The van der Waals surface area contributed by atoms with Gasteiger partial charge in [-0.1, -0.05) is 6.07 Å². The van der Waals surface area contributed by atoms with Gasteiger partial charge in [0.05, 0.1) is 6.61 Å². The van der Waals surface area contributed by atoms with E-state index < -0.39 is 0 Å². The molecule has 19 heavy (non-hydrogen) atoms. The number of aryl methyl sites for hydroxylation is 2. The largest absolute Gasteiger partial charge is 0.481 e. The molecule has 0 aromatic heterocycles. The molecule has 0 fully saturated rings. The number of ether oxygens (including phenoxy) is 2. The van der Waals surface area contributed by atoms with Gasteiger partial charge in [-0.2, -0.15) is 0 Å². The molecular weight excluding hydrogens is 244 g/mol. The van der Waals surface area contributed by atoms with Crippen LogP contribution in [0.25, 0.3) is 0 Å². The smallest absolute Gasteiger partial charge is 0.344 e. The fourth-order valence-corrected chi connectivity index (χ4v) is 2.58. The number of rotatable bonds is 4. The lowest BCUT2D eigenvalue weighted by Crippen LogP contribution is -2.16. The second-order valence-corrected chi connectivity index (χ2v) is 4.71. The maximum absolute atomic E-state index is 11.8. The van der Waals surface area contributed by atoms with Crippen LogP contribution in [-0.4, -0.2) is 25.0 Å². The number of carbonyl (C=O) groups is 2. The molecule has 0 atom stereocenters. The van der Waals surface area contributed by atoms with Crippen LogP contribution in [0, 0.1) is 13.8 Å². The summed E-state index contributed by atoms with van der Waals surface area (Å²) in [6, 6.07) is 1.93. The van der Waals surface area contributed by atoms with E-state index in [1.165, 1.54) is 0 Å². The summed E-state index contributed by atoms with van der Waals surface area (Å²) in [6.45, 7) is 5.84. The Kier molecular flexibility index (Phi) is 3.88. The predicted octanol–water partition coefficient (Wildman–Crippen LogP) is 2.37. The van der Waals surface area contributed by atoms with Crippen LogP contribution in [-0.2, 0) is 16.0 Å². The van der Waals surface area contributed by atoms with Crippen molar-refractivity contribution in [2.45, 2.75) is 33.6 Å². The quantitative estimate of drug-likeness (QED) is 0.782. The van der Waals surface area contributed by atoms with Crippen molar-refractivity contribution in [1.29, 1.82) is 0 Å².